The van der Waals surface area contributed by atoms with Crippen LogP contribution in [-0.2, 0) is 6.54 Å². The smallest absolute Gasteiger partial charge is 0.159 e. The molecule has 84 valence electrons. The van der Waals surface area contributed by atoms with Crippen molar-refractivity contribution in [2.45, 2.75) is 19.4 Å². The lowest BCUT2D eigenvalue weighted by Crippen LogP contribution is -2.16. The van der Waals surface area contributed by atoms with Crippen molar-refractivity contribution in [1.82, 2.24) is 14.5 Å². The molecule has 0 N–H and O–H groups in total. The highest BCUT2D eigenvalue weighted by atomic mass is 32.2. The molecule has 0 bridgehead atoms. The van der Waals surface area contributed by atoms with Crippen molar-refractivity contribution in [3.63, 3.8) is 0 Å². The van der Waals surface area contributed by atoms with Gasteiger partial charge >= 0.3 is 0 Å². The maximum absolute atomic E-state index is 4.40. The SMILES string of the molecule is c1cnc2c(c1)ncn2CC1CCSCC1. The van der Waals surface area contributed by atoms with Crippen molar-refractivity contribution in [2.24, 2.45) is 5.92 Å². The lowest BCUT2D eigenvalue weighted by molar-refractivity contribution is 0.421. The lowest BCUT2D eigenvalue weighted by Gasteiger charge is -2.21. The van der Waals surface area contributed by atoms with Crippen LogP contribution < -0.4 is 0 Å². The second kappa shape index (κ2) is 4.45. The summed E-state index contributed by atoms with van der Waals surface area (Å²) in [4.78, 5) is 8.78. The van der Waals surface area contributed by atoms with Crippen molar-refractivity contribution < 1.29 is 0 Å². The standard InChI is InChI=1S/C12H15N3S/c1-2-11-12(13-5-1)15(9-14-11)8-10-3-6-16-7-4-10/h1-2,5,9-10H,3-4,6-8H2. The van der Waals surface area contributed by atoms with E-state index in [0.717, 1.165) is 23.6 Å². The molecule has 3 heterocycles. The summed E-state index contributed by atoms with van der Waals surface area (Å²) in [5, 5.41) is 0. The molecule has 1 aliphatic rings. The van der Waals surface area contributed by atoms with Crippen molar-refractivity contribution in [2.75, 3.05) is 11.5 Å². The summed E-state index contributed by atoms with van der Waals surface area (Å²) >= 11 is 2.07. The Hall–Kier alpha value is -1.03. The summed E-state index contributed by atoms with van der Waals surface area (Å²) in [6.07, 6.45) is 6.44. The van der Waals surface area contributed by atoms with Gasteiger partial charge in [-0.15, -0.1) is 0 Å². The number of fused-ring (bicyclic) bond motifs is 1. The fourth-order valence-electron chi connectivity index (χ4n) is 2.24. The molecule has 0 unspecified atom stereocenters. The Morgan fingerprint density at radius 2 is 2.19 bits per heavy atom. The number of pyridine rings is 1. The molecule has 4 heteroatoms. The Kier molecular flexibility index (Phi) is 2.82. The van der Waals surface area contributed by atoms with Crippen molar-refractivity contribution in [3.8, 4) is 0 Å². The highest BCUT2D eigenvalue weighted by Gasteiger charge is 2.15. The minimum atomic E-state index is 0.806. The van der Waals surface area contributed by atoms with Crippen molar-refractivity contribution in [3.05, 3.63) is 24.7 Å². The third-order valence-corrected chi connectivity index (χ3v) is 4.22. The van der Waals surface area contributed by atoms with Crippen LogP contribution in [0.3, 0.4) is 0 Å². The average Bonchev–Trinajstić information content (AvgIpc) is 2.74. The molecule has 0 aliphatic carbocycles. The normalized spacial score (nSPS) is 18.0. The number of aromatic nitrogens is 3. The minimum Gasteiger partial charge on any atom is -0.315 e. The molecule has 3 rings (SSSR count). The molecule has 3 nitrogen and oxygen atoms in total. The van der Waals surface area contributed by atoms with E-state index in [0.29, 0.717) is 0 Å². The van der Waals surface area contributed by atoms with E-state index in [-0.39, 0.29) is 0 Å². The summed E-state index contributed by atoms with van der Waals surface area (Å²) in [6, 6.07) is 3.96. The molecule has 0 amide bonds. The van der Waals surface area contributed by atoms with E-state index in [1.807, 2.05) is 24.7 Å². The molecule has 2 aromatic rings. The Morgan fingerprint density at radius 1 is 1.31 bits per heavy atom. The fraction of sp³-hybridized carbons (Fsp3) is 0.500. The monoisotopic (exact) mass is 233 g/mol. The first-order valence-electron chi connectivity index (χ1n) is 5.77. The van der Waals surface area contributed by atoms with Crippen LogP contribution in [0.2, 0.25) is 0 Å². The van der Waals surface area contributed by atoms with Gasteiger partial charge in [0.1, 0.15) is 5.52 Å². The van der Waals surface area contributed by atoms with Gasteiger partial charge in [0.2, 0.25) is 0 Å². The van der Waals surface area contributed by atoms with Gasteiger partial charge < -0.3 is 4.57 Å². The van der Waals surface area contributed by atoms with E-state index < -0.39 is 0 Å². The van der Waals surface area contributed by atoms with E-state index in [2.05, 4.69) is 26.3 Å². The first-order valence-corrected chi connectivity index (χ1v) is 6.92. The van der Waals surface area contributed by atoms with Gasteiger partial charge in [-0.3, -0.25) is 0 Å². The summed E-state index contributed by atoms with van der Waals surface area (Å²) in [7, 11) is 0. The van der Waals surface area contributed by atoms with Gasteiger partial charge in [-0.2, -0.15) is 11.8 Å². The number of nitrogens with zero attached hydrogens (tertiary/aromatic N) is 3. The lowest BCUT2D eigenvalue weighted by atomic mass is 10.0. The zero-order valence-corrected chi connectivity index (χ0v) is 9.99. The second-order valence-corrected chi connectivity index (χ2v) is 5.52. The Labute approximate surface area is 99.3 Å². The van der Waals surface area contributed by atoms with Crippen molar-refractivity contribution in [1.29, 1.82) is 0 Å². The third kappa shape index (κ3) is 1.94. The minimum absolute atomic E-state index is 0.806. The molecular weight excluding hydrogens is 218 g/mol. The van der Waals surface area contributed by atoms with Crippen LogP contribution in [0.15, 0.2) is 24.7 Å². The van der Waals surface area contributed by atoms with Crippen molar-refractivity contribution >= 4 is 22.9 Å². The number of imidazole rings is 1. The summed E-state index contributed by atoms with van der Waals surface area (Å²) < 4.78 is 2.20. The largest absolute Gasteiger partial charge is 0.315 e. The Bertz CT molecular complexity index is 474. The van der Waals surface area contributed by atoms with Crippen LogP contribution in [0, 0.1) is 5.92 Å². The summed E-state index contributed by atoms with van der Waals surface area (Å²) in [5.74, 6) is 3.43. The molecule has 0 aromatic carbocycles. The van der Waals surface area contributed by atoms with Crippen LogP contribution in [0.4, 0.5) is 0 Å². The van der Waals surface area contributed by atoms with Gasteiger partial charge in [-0.05, 0) is 42.4 Å². The molecule has 2 aromatic heterocycles. The van der Waals surface area contributed by atoms with Gasteiger partial charge in [0.15, 0.2) is 5.65 Å². The topological polar surface area (TPSA) is 30.7 Å². The quantitative estimate of drug-likeness (QED) is 0.798. The average molecular weight is 233 g/mol. The fourth-order valence-corrected chi connectivity index (χ4v) is 3.44. The molecule has 1 saturated heterocycles. The highest BCUT2D eigenvalue weighted by molar-refractivity contribution is 7.99. The Balaban J connectivity index is 1.83. The molecule has 0 saturated carbocycles. The molecule has 1 fully saturated rings. The molecule has 16 heavy (non-hydrogen) atoms. The van der Waals surface area contributed by atoms with E-state index in [4.69, 9.17) is 0 Å². The van der Waals surface area contributed by atoms with Gasteiger partial charge in [-0.1, -0.05) is 0 Å². The van der Waals surface area contributed by atoms with E-state index in [1.54, 1.807) is 0 Å². The van der Waals surface area contributed by atoms with E-state index >= 15 is 0 Å². The van der Waals surface area contributed by atoms with Gasteiger partial charge in [0, 0.05) is 12.7 Å². The molecular formula is C12H15N3S. The maximum atomic E-state index is 4.40. The van der Waals surface area contributed by atoms with E-state index in [9.17, 15) is 0 Å². The predicted octanol–water partition coefficient (Wildman–Crippen LogP) is 2.57. The molecule has 0 radical (unpaired) electrons. The highest BCUT2D eigenvalue weighted by Crippen LogP contribution is 2.24. The van der Waals surface area contributed by atoms with Crippen LogP contribution in [0.1, 0.15) is 12.8 Å². The van der Waals surface area contributed by atoms with Crippen LogP contribution in [0.5, 0.6) is 0 Å². The molecule has 0 atom stereocenters. The zero-order chi connectivity index (χ0) is 10.8. The number of hydrogen-bond acceptors (Lipinski definition) is 3. The number of hydrogen-bond donors (Lipinski definition) is 0. The molecule has 1 aliphatic heterocycles. The third-order valence-electron chi connectivity index (χ3n) is 3.17. The summed E-state index contributed by atoms with van der Waals surface area (Å²) in [5.41, 5.74) is 2.04. The van der Waals surface area contributed by atoms with Crippen LogP contribution in [0.25, 0.3) is 11.2 Å². The first kappa shape index (κ1) is 10.1. The summed E-state index contributed by atoms with van der Waals surface area (Å²) in [6.45, 7) is 1.08. The van der Waals surface area contributed by atoms with Gasteiger partial charge in [0.05, 0.1) is 6.33 Å². The predicted molar refractivity (Wildman–Crippen MR) is 67.6 cm³/mol. The van der Waals surface area contributed by atoms with E-state index in [1.165, 1.54) is 24.3 Å². The number of thioether (sulfide) groups is 1. The second-order valence-electron chi connectivity index (χ2n) is 4.30. The maximum Gasteiger partial charge on any atom is 0.159 e. The van der Waals surface area contributed by atoms with Gasteiger partial charge in [0.25, 0.3) is 0 Å². The van der Waals surface area contributed by atoms with Gasteiger partial charge in [-0.25, -0.2) is 9.97 Å². The first-order chi connectivity index (χ1) is 7.93. The number of rotatable bonds is 2. The van der Waals surface area contributed by atoms with Crippen LogP contribution in [-0.4, -0.2) is 26.0 Å². The molecule has 0 spiro atoms. The van der Waals surface area contributed by atoms with Crippen LogP contribution >= 0.6 is 11.8 Å². The Morgan fingerprint density at radius 3 is 3.06 bits per heavy atom. The zero-order valence-electron chi connectivity index (χ0n) is 9.17.